The minimum Gasteiger partial charge on any atom is -0.481 e. The fraction of sp³-hybridized carbons (Fsp3) is 0.875. The molecule has 118 valence electrons. The normalized spacial score (nSPS) is 34.7. The number of carbonyl (C=O) groups excluding carboxylic acids is 1. The van der Waals surface area contributed by atoms with E-state index in [2.05, 4.69) is 5.32 Å². The van der Waals surface area contributed by atoms with E-state index in [1.54, 1.807) is 6.92 Å². The van der Waals surface area contributed by atoms with Crippen LogP contribution in [0.5, 0.6) is 0 Å². The maximum absolute atomic E-state index is 12.5. The van der Waals surface area contributed by atoms with Crippen LogP contribution >= 0.6 is 0 Å². The predicted octanol–water partition coefficient (Wildman–Crippen LogP) is 1.48. The van der Waals surface area contributed by atoms with Crippen LogP contribution in [0.3, 0.4) is 0 Å². The number of hydrogen-bond donors (Lipinski definition) is 2. The third-order valence-corrected chi connectivity index (χ3v) is 5.77. The van der Waals surface area contributed by atoms with Crippen LogP contribution in [-0.2, 0) is 9.59 Å². The highest BCUT2D eigenvalue weighted by atomic mass is 16.4. The molecule has 5 heteroatoms. The van der Waals surface area contributed by atoms with Crippen LogP contribution in [0.25, 0.3) is 0 Å². The molecule has 0 aromatic carbocycles. The molecule has 0 bridgehead atoms. The van der Waals surface area contributed by atoms with Crippen molar-refractivity contribution in [2.75, 3.05) is 13.1 Å². The Balaban J connectivity index is 1.50. The first-order chi connectivity index (χ1) is 10.1. The average molecular weight is 294 g/mol. The summed E-state index contributed by atoms with van der Waals surface area (Å²) in [6.45, 7) is 2.96. The Kier molecular flexibility index (Phi) is 4.20. The Morgan fingerprint density at radius 2 is 1.86 bits per heavy atom. The highest BCUT2D eigenvalue weighted by Gasteiger charge is 2.41. The first-order valence-electron chi connectivity index (χ1n) is 8.34. The van der Waals surface area contributed by atoms with E-state index in [0.717, 1.165) is 18.8 Å². The fourth-order valence-corrected chi connectivity index (χ4v) is 4.12. The zero-order valence-electron chi connectivity index (χ0n) is 12.8. The van der Waals surface area contributed by atoms with Crippen molar-refractivity contribution in [3.8, 4) is 0 Å². The summed E-state index contributed by atoms with van der Waals surface area (Å²) in [7, 11) is 0. The van der Waals surface area contributed by atoms with Crippen molar-refractivity contribution in [2.45, 2.75) is 57.5 Å². The van der Waals surface area contributed by atoms with Gasteiger partial charge >= 0.3 is 5.97 Å². The van der Waals surface area contributed by atoms with Crippen molar-refractivity contribution in [2.24, 2.45) is 17.8 Å². The number of likely N-dealkylation sites (tertiary alicyclic amines) is 1. The summed E-state index contributed by atoms with van der Waals surface area (Å²) in [5.74, 6) is -0.0340. The van der Waals surface area contributed by atoms with E-state index < -0.39 is 5.97 Å². The van der Waals surface area contributed by atoms with Crippen LogP contribution in [0, 0.1) is 17.8 Å². The topological polar surface area (TPSA) is 69.6 Å². The molecule has 0 radical (unpaired) electrons. The highest BCUT2D eigenvalue weighted by Crippen LogP contribution is 2.33. The Morgan fingerprint density at radius 1 is 1.14 bits per heavy atom. The van der Waals surface area contributed by atoms with Gasteiger partial charge in [0.25, 0.3) is 0 Å². The highest BCUT2D eigenvalue weighted by molar-refractivity contribution is 5.83. The maximum Gasteiger partial charge on any atom is 0.306 e. The minimum absolute atomic E-state index is 0.0366. The molecular weight excluding hydrogens is 268 g/mol. The summed E-state index contributed by atoms with van der Waals surface area (Å²) < 4.78 is 0. The fourth-order valence-electron chi connectivity index (χ4n) is 4.12. The van der Waals surface area contributed by atoms with Gasteiger partial charge in [0.05, 0.1) is 12.0 Å². The van der Waals surface area contributed by atoms with Crippen molar-refractivity contribution in [1.82, 2.24) is 10.2 Å². The van der Waals surface area contributed by atoms with Gasteiger partial charge in [-0.15, -0.1) is 0 Å². The standard InChI is InChI=1S/C16H26N2O3/c1-10(16(20)21)12-8-18(9-12)15(19)14-7-6-11-4-2-3-5-13(11)17-14/h10-14,17H,2-9H2,1H3,(H,20,21). The van der Waals surface area contributed by atoms with Crippen molar-refractivity contribution < 1.29 is 14.7 Å². The average Bonchev–Trinajstić information content (AvgIpc) is 2.44. The van der Waals surface area contributed by atoms with E-state index in [9.17, 15) is 9.59 Å². The zero-order chi connectivity index (χ0) is 15.0. The number of nitrogens with zero attached hydrogens (tertiary/aromatic N) is 1. The molecule has 0 spiro atoms. The number of nitrogens with one attached hydrogen (secondary N) is 1. The molecule has 0 aromatic heterocycles. The second kappa shape index (κ2) is 5.95. The number of hydrogen-bond acceptors (Lipinski definition) is 3. The first kappa shape index (κ1) is 14.8. The molecule has 0 aromatic rings. The number of rotatable bonds is 3. The van der Waals surface area contributed by atoms with E-state index in [4.69, 9.17) is 5.11 Å². The quantitative estimate of drug-likeness (QED) is 0.827. The molecule has 3 aliphatic rings. The van der Waals surface area contributed by atoms with Gasteiger partial charge in [-0.3, -0.25) is 9.59 Å². The van der Waals surface area contributed by atoms with E-state index in [-0.39, 0.29) is 23.8 Å². The summed E-state index contributed by atoms with van der Waals surface area (Å²) in [5.41, 5.74) is 0. The van der Waals surface area contributed by atoms with E-state index in [1.807, 2.05) is 4.90 Å². The summed E-state index contributed by atoms with van der Waals surface area (Å²) in [6.07, 6.45) is 7.22. The van der Waals surface area contributed by atoms with Crippen molar-refractivity contribution in [3.05, 3.63) is 0 Å². The first-order valence-corrected chi connectivity index (χ1v) is 8.34. The van der Waals surface area contributed by atoms with Gasteiger partial charge < -0.3 is 15.3 Å². The Morgan fingerprint density at radius 3 is 2.57 bits per heavy atom. The SMILES string of the molecule is CC(C(=O)O)C1CN(C(=O)C2CCC3CCCCC3N2)C1. The van der Waals surface area contributed by atoms with Gasteiger partial charge in [-0.25, -0.2) is 0 Å². The molecule has 4 unspecified atom stereocenters. The van der Waals surface area contributed by atoms with Gasteiger partial charge in [0, 0.05) is 25.0 Å². The molecule has 5 nitrogen and oxygen atoms in total. The molecule has 2 aliphatic heterocycles. The second-order valence-corrected chi connectivity index (χ2v) is 7.08. The molecule has 3 fully saturated rings. The largest absolute Gasteiger partial charge is 0.481 e. The van der Waals surface area contributed by atoms with Crippen LogP contribution in [0.2, 0.25) is 0 Å². The number of carbonyl (C=O) groups is 2. The van der Waals surface area contributed by atoms with Gasteiger partial charge in [0.15, 0.2) is 0 Å². The van der Waals surface area contributed by atoms with E-state index >= 15 is 0 Å². The minimum atomic E-state index is -0.757. The molecule has 1 saturated carbocycles. The Bertz CT molecular complexity index is 420. The lowest BCUT2D eigenvalue weighted by Gasteiger charge is -2.46. The number of piperidine rings is 1. The molecule has 2 heterocycles. The number of carboxylic acid groups (broad SMARTS) is 1. The zero-order valence-corrected chi connectivity index (χ0v) is 12.8. The number of aliphatic carboxylic acids is 1. The van der Waals surface area contributed by atoms with Crippen molar-refractivity contribution in [3.63, 3.8) is 0 Å². The second-order valence-electron chi connectivity index (χ2n) is 7.08. The molecule has 1 aliphatic carbocycles. The summed E-state index contributed by atoms with van der Waals surface area (Å²) in [6, 6.07) is 0.488. The van der Waals surface area contributed by atoms with Gasteiger partial charge in [-0.05, 0) is 31.6 Å². The third kappa shape index (κ3) is 2.93. The Hall–Kier alpha value is -1.10. The van der Waals surface area contributed by atoms with Crippen LogP contribution in [0.15, 0.2) is 0 Å². The molecule has 4 atom stereocenters. The lowest BCUT2D eigenvalue weighted by molar-refractivity contribution is -0.152. The van der Waals surface area contributed by atoms with Crippen molar-refractivity contribution in [1.29, 1.82) is 0 Å². The smallest absolute Gasteiger partial charge is 0.306 e. The van der Waals surface area contributed by atoms with E-state index in [0.29, 0.717) is 19.1 Å². The molecule has 1 amide bonds. The van der Waals surface area contributed by atoms with Gasteiger partial charge in [0.1, 0.15) is 0 Å². The molecule has 21 heavy (non-hydrogen) atoms. The summed E-state index contributed by atoms with van der Waals surface area (Å²) in [5, 5.41) is 12.6. The monoisotopic (exact) mass is 294 g/mol. The lowest BCUT2D eigenvalue weighted by Crippen LogP contribution is -2.61. The van der Waals surface area contributed by atoms with Gasteiger partial charge in [0.2, 0.25) is 5.91 Å². The summed E-state index contributed by atoms with van der Waals surface area (Å²) >= 11 is 0. The number of amides is 1. The van der Waals surface area contributed by atoms with Crippen LogP contribution in [0.4, 0.5) is 0 Å². The van der Waals surface area contributed by atoms with Crippen molar-refractivity contribution >= 4 is 11.9 Å². The third-order valence-electron chi connectivity index (χ3n) is 5.77. The van der Waals surface area contributed by atoms with E-state index in [1.165, 1.54) is 25.7 Å². The maximum atomic E-state index is 12.5. The Labute approximate surface area is 126 Å². The van der Waals surface area contributed by atoms with Crippen LogP contribution < -0.4 is 5.32 Å². The number of carboxylic acids is 1. The van der Waals surface area contributed by atoms with Gasteiger partial charge in [-0.1, -0.05) is 19.8 Å². The molecule has 2 saturated heterocycles. The lowest BCUT2D eigenvalue weighted by atomic mass is 9.77. The van der Waals surface area contributed by atoms with Crippen LogP contribution in [0.1, 0.15) is 45.4 Å². The van der Waals surface area contributed by atoms with Crippen LogP contribution in [-0.4, -0.2) is 47.1 Å². The molecule has 2 N–H and O–H groups in total. The van der Waals surface area contributed by atoms with Gasteiger partial charge in [-0.2, -0.15) is 0 Å². The summed E-state index contributed by atoms with van der Waals surface area (Å²) in [4.78, 5) is 25.3. The molecular formula is C16H26N2O3. The predicted molar refractivity (Wildman–Crippen MR) is 78.8 cm³/mol. The number of fused-ring (bicyclic) bond motifs is 1. The molecule has 3 rings (SSSR count).